The first-order valence-electron chi connectivity index (χ1n) is 9.33. The molecular weight excluding hydrogens is 410 g/mol. The minimum absolute atomic E-state index is 0.133. The van der Waals surface area contributed by atoms with Crippen molar-refractivity contribution in [2.75, 3.05) is 0 Å². The van der Waals surface area contributed by atoms with Crippen molar-refractivity contribution >= 4 is 39.5 Å². The van der Waals surface area contributed by atoms with Crippen LogP contribution in [0.1, 0.15) is 19.3 Å². The van der Waals surface area contributed by atoms with E-state index in [9.17, 15) is 13.6 Å². The molecule has 2 aromatic carbocycles. The molecule has 0 spiro atoms. The normalized spacial score (nSPS) is 12.0. The molecule has 0 saturated carbocycles. The van der Waals surface area contributed by atoms with Crippen LogP contribution in [0.15, 0.2) is 58.5 Å². The first-order valence-corrected chi connectivity index (χ1v) is 10.3. The number of rotatable bonds is 5. The highest BCUT2D eigenvalue weighted by Gasteiger charge is 2.20. The van der Waals surface area contributed by atoms with E-state index < -0.39 is 6.55 Å². The molecule has 0 unspecified atom stereocenters. The molecule has 0 aliphatic heterocycles. The zero-order valence-corrected chi connectivity index (χ0v) is 16.7. The summed E-state index contributed by atoms with van der Waals surface area (Å²) in [6.07, 6.45) is 0. The highest BCUT2D eigenvalue weighted by atomic mass is 32.2. The molecule has 0 saturated heterocycles. The molecule has 0 aliphatic carbocycles. The third-order valence-corrected chi connectivity index (χ3v) is 5.93. The lowest BCUT2D eigenvalue weighted by molar-refractivity contribution is 0.0656. The molecule has 0 radical (unpaired) electrons. The number of hydrogen-bond acceptors (Lipinski definition) is 5. The summed E-state index contributed by atoms with van der Waals surface area (Å²) < 4.78 is 31.7. The molecule has 5 rings (SSSR count). The van der Waals surface area contributed by atoms with Gasteiger partial charge in [0.05, 0.1) is 27.7 Å². The lowest BCUT2D eigenvalue weighted by atomic mass is 10.2. The Bertz CT molecular complexity index is 1450. The average molecular weight is 426 g/mol. The van der Waals surface area contributed by atoms with Crippen LogP contribution in [0.3, 0.4) is 0 Å². The van der Waals surface area contributed by atoms with Gasteiger partial charge in [-0.05, 0) is 31.2 Å². The molecule has 0 bridgehead atoms. The van der Waals surface area contributed by atoms with Crippen LogP contribution < -0.4 is 5.56 Å². The van der Waals surface area contributed by atoms with Gasteiger partial charge in [0, 0.05) is 6.54 Å². The van der Waals surface area contributed by atoms with Crippen LogP contribution in [-0.2, 0) is 12.3 Å². The number of halogens is 2. The van der Waals surface area contributed by atoms with Gasteiger partial charge >= 0.3 is 6.55 Å². The van der Waals surface area contributed by atoms with Crippen molar-refractivity contribution in [3.05, 3.63) is 64.7 Å². The Morgan fingerprint density at radius 1 is 1.03 bits per heavy atom. The van der Waals surface area contributed by atoms with E-state index in [1.54, 1.807) is 41.0 Å². The van der Waals surface area contributed by atoms with Crippen LogP contribution in [0.4, 0.5) is 8.78 Å². The van der Waals surface area contributed by atoms with Gasteiger partial charge < -0.3 is 0 Å². The standard InChI is InChI=1S/C20H16F2N6OS/c1-2-26-17(29)12-7-3-5-9-14(12)27-16(24-25-19(26)27)11-30-20-23-13-8-4-6-10-15(13)28(20)18(21)22/h3-10,18H,2,11H2,1H3. The molecule has 0 aliphatic rings. The molecule has 10 heteroatoms. The molecule has 0 atom stereocenters. The number of alkyl halides is 2. The molecule has 0 N–H and O–H groups in total. The first kappa shape index (κ1) is 18.7. The van der Waals surface area contributed by atoms with Gasteiger partial charge in [0.2, 0.25) is 5.78 Å². The minimum atomic E-state index is -2.71. The quantitative estimate of drug-likeness (QED) is 0.396. The highest BCUT2D eigenvalue weighted by Crippen LogP contribution is 2.31. The van der Waals surface area contributed by atoms with Crippen LogP contribution in [0.5, 0.6) is 0 Å². The minimum Gasteiger partial charge on any atom is -0.277 e. The van der Waals surface area contributed by atoms with Gasteiger partial charge in [-0.25, -0.2) is 4.98 Å². The summed E-state index contributed by atoms with van der Waals surface area (Å²) in [5, 5.41) is 9.20. The predicted octanol–water partition coefficient (Wildman–Crippen LogP) is 4.10. The first-order chi connectivity index (χ1) is 14.6. The van der Waals surface area contributed by atoms with Crippen molar-refractivity contribution < 1.29 is 8.78 Å². The van der Waals surface area contributed by atoms with Crippen LogP contribution in [0, 0.1) is 0 Å². The molecule has 0 fully saturated rings. The Balaban J connectivity index is 1.63. The average Bonchev–Trinajstić information content (AvgIpc) is 3.34. The number of hydrogen-bond donors (Lipinski definition) is 0. The number of aryl methyl sites for hydroxylation is 1. The van der Waals surface area contributed by atoms with Crippen molar-refractivity contribution in [3.63, 3.8) is 0 Å². The summed E-state index contributed by atoms with van der Waals surface area (Å²) >= 11 is 1.16. The Labute approximate surface area is 173 Å². The number of nitrogens with zero attached hydrogens (tertiary/aromatic N) is 6. The SMILES string of the molecule is CCn1c(=O)c2ccccc2n2c(CSc3nc4ccccc4n3C(F)F)nnc12. The topological polar surface area (TPSA) is 70.0 Å². The Morgan fingerprint density at radius 3 is 2.53 bits per heavy atom. The van der Waals surface area contributed by atoms with E-state index in [1.807, 2.05) is 23.5 Å². The fourth-order valence-corrected chi connectivity index (χ4v) is 4.56. The lowest BCUT2D eigenvalue weighted by Crippen LogP contribution is -2.22. The van der Waals surface area contributed by atoms with Crippen molar-refractivity contribution in [2.45, 2.75) is 30.9 Å². The lowest BCUT2D eigenvalue weighted by Gasteiger charge is -2.10. The molecule has 152 valence electrons. The van der Waals surface area contributed by atoms with E-state index in [2.05, 4.69) is 15.2 Å². The summed E-state index contributed by atoms with van der Waals surface area (Å²) in [7, 11) is 0. The number of para-hydroxylation sites is 3. The maximum Gasteiger partial charge on any atom is 0.321 e. The molecule has 5 aromatic rings. The van der Waals surface area contributed by atoms with Gasteiger partial charge in [-0.2, -0.15) is 8.78 Å². The third kappa shape index (κ3) is 2.78. The summed E-state index contributed by atoms with van der Waals surface area (Å²) in [5.74, 6) is 1.25. The van der Waals surface area contributed by atoms with Crippen molar-refractivity contribution in [1.29, 1.82) is 0 Å². The molecule has 0 amide bonds. The second-order valence-electron chi connectivity index (χ2n) is 6.64. The fraction of sp³-hybridized carbons (Fsp3) is 0.200. The largest absolute Gasteiger partial charge is 0.321 e. The van der Waals surface area contributed by atoms with Crippen LogP contribution in [0.25, 0.3) is 27.7 Å². The van der Waals surface area contributed by atoms with E-state index in [4.69, 9.17) is 0 Å². The van der Waals surface area contributed by atoms with Gasteiger partial charge in [-0.15, -0.1) is 10.2 Å². The van der Waals surface area contributed by atoms with Gasteiger partial charge in [0.25, 0.3) is 5.56 Å². The van der Waals surface area contributed by atoms with Gasteiger partial charge in [-0.3, -0.25) is 18.3 Å². The summed E-state index contributed by atoms with van der Waals surface area (Å²) in [6, 6.07) is 14.0. The van der Waals surface area contributed by atoms with Gasteiger partial charge in [0.15, 0.2) is 5.16 Å². The van der Waals surface area contributed by atoms with Crippen molar-refractivity contribution in [3.8, 4) is 0 Å². The second-order valence-corrected chi connectivity index (χ2v) is 7.58. The maximum atomic E-state index is 13.7. The van der Waals surface area contributed by atoms with Gasteiger partial charge in [0.1, 0.15) is 5.82 Å². The van der Waals surface area contributed by atoms with Crippen LogP contribution in [0.2, 0.25) is 0 Å². The number of imidazole rings is 1. The third-order valence-electron chi connectivity index (χ3n) is 4.98. The Morgan fingerprint density at radius 2 is 1.77 bits per heavy atom. The van der Waals surface area contributed by atoms with Crippen LogP contribution >= 0.6 is 11.8 Å². The monoisotopic (exact) mass is 426 g/mol. The smallest absolute Gasteiger partial charge is 0.277 e. The number of fused-ring (bicyclic) bond motifs is 4. The van der Waals surface area contributed by atoms with Gasteiger partial charge in [-0.1, -0.05) is 36.0 Å². The molecule has 3 heterocycles. The van der Waals surface area contributed by atoms with Crippen molar-refractivity contribution in [1.82, 2.24) is 28.7 Å². The summed E-state index contributed by atoms with van der Waals surface area (Å²) in [4.78, 5) is 17.1. The van der Waals surface area contributed by atoms with E-state index >= 15 is 0 Å². The zero-order chi connectivity index (χ0) is 20.8. The molecular formula is C20H16F2N6OS. The number of aromatic nitrogens is 6. The van der Waals surface area contributed by atoms with E-state index in [0.29, 0.717) is 40.1 Å². The maximum absolute atomic E-state index is 13.7. The highest BCUT2D eigenvalue weighted by molar-refractivity contribution is 7.98. The molecule has 7 nitrogen and oxygen atoms in total. The zero-order valence-electron chi connectivity index (χ0n) is 15.9. The van der Waals surface area contributed by atoms with E-state index in [0.717, 1.165) is 16.3 Å². The Kier molecular flexibility index (Phi) is 4.50. The number of benzene rings is 2. The van der Waals surface area contributed by atoms with E-state index in [-0.39, 0.29) is 16.5 Å². The van der Waals surface area contributed by atoms with Crippen LogP contribution in [-0.4, -0.2) is 28.7 Å². The fourth-order valence-electron chi connectivity index (χ4n) is 3.63. The predicted molar refractivity (Wildman–Crippen MR) is 111 cm³/mol. The second kappa shape index (κ2) is 7.21. The summed E-state index contributed by atoms with van der Waals surface area (Å²) in [6.45, 7) is -0.398. The molecule has 30 heavy (non-hydrogen) atoms. The summed E-state index contributed by atoms with van der Waals surface area (Å²) in [5.41, 5.74) is 1.44. The Hall–Kier alpha value is -3.27. The van der Waals surface area contributed by atoms with E-state index in [1.165, 1.54) is 0 Å². The molecule has 3 aromatic heterocycles. The van der Waals surface area contributed by atoms with Crippen molar-refractivity contribution in [2.24, 2.45) is 0 Å². The number of thioether (sulfide) groups is 1.